The lowest BCUT2D eigenvalue weighted by Crippen LogP contribution is -2.28. The van der Waals surface area contributed by atoms with Gasteiger partial charge in [0.2, 0.25) is 0 Å². The van der Waals surface area contributed by atoms with Crippen LogP contribution >= 0.6 is 0 Å². The van der Waals surface area contributed by atoms with Gasteiger partial charge in [-0.05, 0) is 42.0 Å². The first-order valence-corrected chi connectivity index (χ1v) is 5.79. The zero-order valence-electron chi connectivity index (χ0n) is 10.3. The molecule has 2 rings (SSSR count). The van der Waals surface area contributed by atoms with Crippen molar-refractivity contribution in [3.05, 3.63) is 65.5 Å². The van der Waals surface area contributed by atoms with Crippen molar-refractivity contribution in [1.29, 1.82) is 0 Å². The van der Waals surface area contributed by atoms with Crippen LogP contribution in [0.1, 0.15) is 5.56 Å². The monoisotopic (exact) mass is 280 g/mol. The van der Waals surface area contributed by atoms with Crippen LogP contribution in [0.4, 0.5) is 23.7 Å². The molecule has 0 saturated carbocycles. The molecule has 0 aliphatic carbocycles. The van der Waals surface area contributed by atoms with Crippen LogP contribution in [0.5, 0.6) is 0 Å². The summed E-state index contributed by atoms with van der Waals surface area (Å²) < 4.78 is 38.3. The van der Waals surface area contributed by atoms with Crippen molar-refractivity contribution in [2.24, 2.45) is 0 Å². The molecule has 0 fully saturated rings. The third-order valence-electron chi connectivity index (χ3n) is 2.54. The maximum Gasteiger partial charge on any atom is 0.319 e. The molecule has 0 atom stereocenters. The first-order chi connectivity index (χ1) is 9.54. The fraction of sp³-hybridized carbons (Fsp3) is 0.0714. The van der Waals surface area contributed by atoms with E-state index in [2.05, 4.69) is 10.6 Å². The summed E-state index contributed by atoms with van der Waals surface area (Å²) in [6.45, 7) is 0.0459. The largest absolute Gasteiger partial charge is 0.334 e. The second-order valence-corrected chi connectivity index (χ2v) is 4.06. The number of hydrogen-bond donors (Lipinski definition) is 2. The molecule has 20 heavy (non-hydrogen) atoms. The van der Waals surface area contributed by atoms with E-state index in [9.17, 15) is 18.0 Å². The summed E-state index contributed by atoms with van der Waals surface area (Å²) in [6, 6.07) is 8.09. The molecule has 0 aromatic heterocycles. The Morgan fingerprint density at radius 3 is 2.30 bits per heavy atom. The zero-order chi connectivity index (χ0) is 14.5. The number of amides is 2. The number of halogens is 3. The Balaban J connectivity index is 1.88. The van der Waals surface area contributed by atoms with Crippen molar-refractivity contribution in [2.45, 2.75) is 6.54 Å². The van der Waals surface area contributed by atoms with Gasteiger partial charge in [0.15, 0.2) is 11.6 Å². The standard InChI is InChI=1S/C14H11F3N2O/c15-10-2-4-11(5-3-10)19-14(20)18-8-9-1-6-12(16)13(17)7-9/h1-7H,8H2,(H2,18,19,20). The second kappa shape index (κ2) is 6.10. The summed E-state index contributed by atoms with van der Waals surface area (Å²) in [5, 5.41) is 4.96. The van der Waals surface area contributed by atoms with Gasteiger partial charge in [0.1, 0.15) is 5.82 Å². The minimum Gasteiger partial charge on any atom is -0.334 e. The Labute approximate surface area is 113 Å². The van der Waals surface area contributed by atoms with Gasteiger partial charge in [0.05, 0.1) is 0 Å². The van der Waals surface area contributed by atoms with Gasteiger partial charge in [-0.1, -0.05) is 6.07 Å². The first-order valence-electron chi connectivity index (χ1n) is 5.79. The van der Waals surface area contributed by atoms with Crippen LogP contribution in [0.15, 0.2) is 42.5 Å². The number of nitrogens with one attached hydrogen (secondary N) is 2. The van der Waals surface area contributed by atoms with Gasteiger partial charge in [-0.3, -0.25) is 0 Å². The average molecular weight is 280 g/mol. The van der Waals surface area contributed by atoms with Crippen LogP contribution in [-0.2, 0) is 6.54 Å². The molecule has 0 spiro atoms. The minimum atomic E-state index is -0.969. The van der Waals surface area contributed by atoms with E-state index in [-0.39, 0.29) is 6.54 Å². The quantitative estimate of drug-likeness (QED) is 0.888. The molecule has 0 heterocycles. The summed E-state index contributed by atoms with van der Waals surface area (Å²) in [5.74, 6) is -2.31. The Morgan fingerprint density at radius 1 is 0.950 bits per heavy atom. The highest BCUT2D eigenvalue weighted by Gasteiger charge is 2.05. The Hall–Kier alpha value is -2.50. The normalized spacial score (nSPS) is 10.2. The molecule has 2 aromatic rings. The van der Waals surface area contributed by atoms with Crippen molar-refractivity contribution < 1.29 is 18.0 Å². The minimum absolute atomic E-state index is 0.0459. The molecule has 0 radical (unpaired) electrons. The Kier molecular flexibility index (Phi) is 4.24. The molecular formula is C14H11F3N2O. The van der Waals surface area contributed by atoms with Gasteiger partial charge in [0.25, 0.3) is 0 Å². The lowest BCUT2D eigenvalue weighted by atomic mass is 10.2. The molecule has 3 nitrogen and oxygen atoms in total. The van der Waals surface area contributed by atoms with Gasteiger partial charge in [0, 0.05) is 12.2 Å². The number of carbonyl (C=O) groups is 1. The number of carbonyl (C=O) groups excluding carboxylic acids is 1. The topological polar surface area (TPSA) is 41.1 Å². The van der Waals surface area contributed by atoms with E-state index in [1.807, 2.05) is 0 Å². The van der Waals surface area contributed by atoms with Crippen LogP contribution in [0, 0.1) is 17.5 Å². The summed E-state index contributed by atoms with van der Waals surface area (Å²) in [6.07, 6.45) is 0. The molecule has 0 aliphatic rings. The number of hydrogen-bond acceptors (Lipinski definition) is 1. The van der Waals surface area contributed by atoms with Gasteiger partial charge < -0.3 is 10.6 Å². The fourth-order valence-corrected chi connectivity index (χ4v) is 1.54. The van der Waals surface area contributed by atoms with Gasteiger partial charge in [-0.25, -0.2) is 18.0 Å². The molecule has 2 amide bonds. The van der Waals surface area contributed by atoms with E-state index in [1.54, 1.807) is 0 Å². The third kappa shape index (κ3) is 3.74. The van der Waals surface area contributed by atoms with E-state index < -0.39 is 23.5 Å². The van der Waals surface area contributed by atoms with Crippen LogP contribution in [0.2, 0.25) is 0 Å². The van der Waals surface area contributed by atoms with E-state index in [1.165, 1.54) is 30.3 Å². The smallest absolute Gasteiger partial charge is 0.319 e. The molecule has 0 saturated heterocycles. The third-order valence-corrected chi connectivity index (χ3v) is 2.54. The van der Waals surface area contributed by atoms with Crippen molar-refractivity contribution in [3.8, 4) is 0 Å². The van der Waals surface area contributed by atoms with Crippen molar-refractivity contribution in [3.63, 3.8) is 0 Å². The molecular weight excluding hydrogens is 269 g/mol. The van der Waals surface area contributed by atoms with E-state index in [0.29, 0.717) is 11.3 Å². The lowest BCUT2D eigenvalue weighted by molar-refractivity contribution is 0.251. The maximum atomic E-state index is 12.9. The molecule has 2 aromatic carbocycles. The highest BCUT2D eigenvalue weighted by Crippen LogP contribution is 2.09. The van der Waals surface area contributed by atoms with Gasteiger partial charge >= 0.3 is 6.03 Å². The van der Waals surface area contributed by atoms with Crippen LogP contribution in [0.3, 0.4) is 0 Å². The van der Waals surface area contributed by atoms with Crippen LogP contribution in [0.25, 0.3) is 0 Å². The SMILES string of the molecule is O=C(NCc1ccc(F)c(F)c1)Nc1ccc(F)cc1. The fourth-order valence-electron chi connectivity index (χ4n) is 1.54. The number of benzene rings is 2. The highest BCUT2D eigenvalue weighted by atomic mass is 19.2. The van der Waals surface area contributed by atoms with E-state index in [0.717, 1.165) is 12.1 Å². The number of anilines is 1. The highest BCUT2D eigenvalue weighted by molar-refractivity contribution is 5.89. The Morgan fingerprint density at radius 2 is 1.65 bits per heavy atom. The number of rotatable bonds is 3. The molecule has 0 bridgehead atoms. The molecule has 2 N–H and O–H groups in total. The summed E-state index contributed by atoms with van der Waals surface area (Å²) >= 11 is 0. The van der Waals surface area contributed by atoms with E-state index >= 15 is 0 Å². The Bertz CT molecular complexity index is 614. The van der Waals surface area contributed by atoms with Gasteiger partial charge in [-0.15, -0.1) is 0 Å². The molecule has 6 heteroatoms. The predicted octanol–water partition coefficient (Wildman–Crippen LogP) is 3.43. The van der Waals surface area contributed by atoms with Crippen LogP contribution in [-0.4, -0.2) is 6.03 Å². The average Bonchev–Trinajstić information content (AvgIpc) is 2.43. The van der Waals surface area contributed by atoms with Crippen LogP contribution < -0.4 is 10.6 Å². The number of urea groups is 1. The van der Waals surface area contributed by atoms with E-state index in [4.69, 9.17) is 0 Å². The molecule has 0 aliphatic heterocycles. The van der Waals surface area contributed by atoms with Crippen molar-refractivity contribution in [1.82, 2.24) is 5.32 Å². The van der Waals surface area contributed by atoms with Crippen molar-refractivity contribution in [2.75, 3.05) is 5.32 Å². The lowest BCUT2D eigenvalue weighted by Gasteiger charge is -2.08. The van der Waals surface area contributed by atoms with Gasteiger partial charge in [-0.2, -0.15) is 0 Å². The summed E-state index contributed by atoms with van der Waals surface area (Å²) in [7, 11) is 0. The zero-order valence-corrected chi connectivity index (χ0v) is 10.3. The first kappa shape index (κ1) is 13.9. The van der Waals surface area contributed by atoms with Crippen molar-refractivity contribution >= 4 is 11.7 Å². The predicted molar refractivity (Wildman–Crippen MR) is 68.6 cm³/mol. The summed E-state index contributed by atoms with van der Waals surface area (Å²) in [4.78, 5) is 11.5. The maximum absolute atomic E-state index is 12.9. The summed E-state index contributed by atoms with van der Waals surface area (Å²) in [5.41, 5.74) is 0.854. The second-order valence-electron chi connectivity index (χ2n) is 4.06. The molecule has 104 valence electrons. The molecule has 0 unspecified atom stereocenters.